The first-order valence-corrected chi connectivity index (χ1v) is 8.61. The third kappa shape index (κ3) is 3.00. The van der Waals surface area contributed by atoms with E-state index in [0.717, 1.165) is 18.9 Å². The molecule has 0 radical (unpaired) electrons. The minimum absolute atomic E-state index is 0.0432. The molecule has 7 nitrogen and oxygen atoms in total. The van der Waals surface area contributed by atoms with Crippen molar-refractivity contribution >= 4 is 5.82 Å². The van der Waals surface area contributed by atoms with Crippen LogP contribution in [0, 0.1) is 11.8 Å². The zero-order valence-electron chi connectivity index (χ0n) is 13.8. The third-order valence-electron chi connectivity index (χ3n) is 5.23. The zero-order valence-corrected chi connectivity index (χ0v) is 13.8. The number of hydrogen-bond donors (Lipinski definition) is 2. The topological polar surface area (TPSA) is 71.5 Å². The van der Waals surface area contributed by atoms with Gasteiger partial charge in [-0.1, -0.05) is 0 Å². The zero-order chi connectivity index (χ0) is 15.9. The molecule has 2 heterocycles. The molecule has 0 amide bonds. The molecule has 0 aromatic carbocycles. The highest BCUT2D eigenvalue weighted by atomic mass is 16.8. The molecule has 1 atom stereocenters. The first-order valence-electron chi connectivity index (χ1n) is 8.61. The Morgan fingerprint density at radius 3 is 2.87 bits per heavy atom. The molecule has 0 unspecified atom stereocenters. The van der Waals surface area contributed by atoms with E-state index < -0.39 is 0 Å². The summed E-state index contributed by atoms with van der Waals surface area (Å²) in [6.07, 6.45) is 8.05. The van der Waals surface area contributed by atoms with Gasteiger partial charge in [0.15, 0.2) is 5.82 Å². The van der Waals surface area contributed by atoms with E-state index in [0.29, 0.717) is 17.6 Å². The maximum Gasteiger partial charge on any atom is 0.218 e. The molecule has 1 aromatic rings. The summed E-state index contributed by atoms with van der Waals surface area (Å²) in [6.45, 7) is 4.81. The fourth-order valence-electron chi connectivity index (χ4n) is 4.20. The molecule has 4 aliphatic rings. The van der Waals surface area contributed by atoms with Crippen LogP contribution in [0.1, 0.15) is 46.0 Å². The molecule has 23 heavy (non-hydrogen) atoms. The van der Waals surface area contributed by atoms with Crippen LogP contribution in [0.3, 0.4) is 0 Å². The standard InChI is InChI=1S/C16H25N5O2/c1-11(2)22-15-7-14(17-10-18-15)20-21-19-9-16(23-21)8-12-3-5-13(16)6-4-12/h7,10-13,19H,3-6,8-9H2,1-2H3,(H,17,18,20)/t12?,13?,16-/m0/s1. The number of nitrogens with one attached hydrogen (secondary N) is 2. The fraction of sp³-hybridized carbons (Fsp3) is 0.750. The van der Waals surface area contributed by atoms with E-state index in [-0.39, 0.29) is 11.7 Å². The monoisotopic (exact) mass is 319 g/mol. The first-order chi connectivity index (χ1) is 11.1. The van der Waals surface area contributed by atoms with Gasteiger partial charge in [0.1, 0.15) is 11.9 Å². The lowest BCUT2D eigenvalue weighted by atomic mass is 9.62. The quantitative estimate of drug-likeness (QED) is 0.882. The maximum atomic E-state index is 6.26. The minimum Gasteiger partial charge on any atom is -0.475 e. The predicted octanol–water partition coefficient (Wildman–Crippen LogP) is 2.29. The van der Waals surface area contributed by atoms with Crippen LogP contribution in [0.5, 0.6) is 5.88 Å². The van der Waals surface area contributed by atoms with Gasteiger partial charge in [-0.05, 0) is 63.1 Å². The summed E-state index contributed by atoms with van der Waals surface area (Å²) < 4.78 is 5.60. The van der Waals surface area contributed by atoms with E-state index in [9.17, 15) is 0 Å². The Morgan fingerprint density at radius 2 is 2.17 bits per heavy atom. The van der Waals surface area contributed by atoms with E-state index >= 15 is 0 Å². The summed E-state index contributed by atoms with van der Waals surface area (Å²) >= 11 is 0. The first kappa shape index (κ1) is 15.1. The number of rotatable bonds is 4. The van der Waals surface area contributed by atoms with Gasteiger partial charge in [-0.15, -0.1) is 0 Å². The number of nitrogens with zero attached hydrogens (tertiary/aromatic N) is 3. The number of fused-ring (bicyclic) bond motifs is 2. The minimum atomic E-state index is -0.0432. The summed E-state index contributed by atoms with van der Waals surface area (Å²) in [6, 6.07) is 1.78. The van der Waals surface area contributed by atoms with Gasteiger partial charge >= 0.3 is 0 Å². The van der Waals surface area contributed by atoms with Gasteiger partial charge in [0.2, 0.25) is 5.88 Å². The molecular weight excluding hydrogens is 294 g/mol. The highest BCUT2D eigenvalue weighted by Gasteiger charge is 2.52. The SMILES string of the molecule is CC(C)Oc1cc(NN2NC[C@]3(CC4CCC3CC4)O2)ncn1. The summed E-state index contributed by atoms with van der Waals surface area (Å²) in [7, 11) is 0. The molecule has 4 fully saturated rings. The Balaban J connectivity index is 1.41. The van der Waals surface area contributed by atoms with Crippen molar-refractivity contribution < 1.29 is 9.57 Å². The summed E-state index contributed by atoms with van der Waals surface area (Å²) in [5, 5.41) is 1.61. The van der Waals surface area contributed by atoms with Crippen molar-refractivity contribution in [2.45, 2.75) is 57.7 Å². The second-order valence-electron chi connectivity index (χ2n) is 7.23. The second kappa shape index (κ2) is 5.89. The lowest BCUT2D eigenvalue weighted by Gasteiger charge is -2.47. The molecule has 2 N–H and O–H groups in total. The molecule has 3 saturated carbocycles. The molecule has 7 heteroatoms. The highest BCUT2D eigenvalue weighted by molar-refractivity contribution is 5.35. The van der Waals surface area contributed by atoms with Crippen LogP contribution in [0.15, 0.2) is 12.4 Å². The van der Waals surface area contributed by atoms with Crippen molar-refractivity contribution in [3.05, 3.63) is 12.4 Å². The average molecular weight is 319 g/mol. The lowest BCUT2D eigenvalue weighted by Crippen LogP contribution is -2.50. The van der Waals surface area contributed by atoms with Gasteiger partial charge in [-0.25, -0.2) is 15.4 Å². The number of aromatic nitrogens is 2. The molecule has 5 rings (SSSR count). The average Bonchev–Trinajstić information content (AvgIpc) is 2.90. The molecule has 1 aromatic heterocycles. The van der Waals surface area contributed by atoms with Crippen molar-refractivity contribution in [1.29, 1.82) is 0 Å². The van der Waals surface area contributed by atoms with Crippen LogP contribution in [0.25, 0.3) is 0 Å². The van der Waals surface area contributed by atoms with Crippen molar-refractivity contribution in [2.24, 2.45) is 11.8 Å². The molecule has 1 aliphatic heterocycles. The van der Waals surface area contributed by atoms with Crippen molar-refractivity contribution in [1.82, 2.24) is 20.7 Å². The second-order valence-corrected chi connectivity index (χ2v) is 7.23. The van der Waals surface area contributed by atoms with Crippen LogP contribution < -0.4 is 15.6 Å². The lowest BCUT2D eigenvalue weighted by molar-refractivity contribution is -0.235. The Kier molecular flexibility index (Phi) is 3.87. The number of anilines is 1. The molecule has 3 aliphatic carbocycles. The van der Waals surface area contributed by atoms with Crippen LogP contribution in [0.4, 0.5) is 5.82 Å². The Morgan fingerprint density at radius 1 is 1.35 bits per heavy atom. The highest BCUT2D eigenvalue weighted by Crippen LogP contribution is 2.50. The Hall–Kier alpha value is -1.44. The number of hydrogen-bond acceptors (Lipinski definition) is 7. The summed E-state index contributed by atoms with van der Waals surface area (Å²) in [4.78, 5) is 14.6. The molecule has 2 bridgehead atoms. The van der Waals surface area contributed by atoms with E-state index in [1.54, 1.807) is 11.3 Å². The Bertz CT molecular complexity index is 561. The van der Waals surface area contributed by atoms with Gasteiger partial charge in [0.05, 0.1) is 6.10 Å². The molecule has 1 spiro atoms. The van der Waals surface area contributed by atoms with Crippen LogP contribution in [-0.2, 0) is 4.84 Å². The maximum absolute atomic E-state index is 6.26. The summed E-state index contributed by atoms with van der Waals surface area (Å²) in [5.41, 5.74) is 6.42. The van der Waals surface area contributed by atoms with Gasteiger partial charge < -0.3 is 4.74 Å². The molecule has 1 saturated heterocycles. The van der Waals surface area contributed by atoms with Crippen LogP contribution in [-0.4, -0.2) is 33.5 Å². The normalized spacial score (nSPS) is 33.5. The van der Waals surface area contributed by atoms with Gasteiger partial charge in [0.25, 0.3) is 0 Å². The third-order valence-corrected chi connectivity index (χ3v) is 5.23. The number of hydrazine groups is 2. The number of ether oxygens (including phenoxy) is 1. The molecular formula is C16H25N5O2. The Labute approximate surface area is 136 Å². The predicted molar refractivity (Wildman–Crippen MR) is 85.1 cm³/mol. The smallest absolute Gasteiger partial charge is 0.218 e. The van der Waals surface area contributed by atoms with Gasteiger partial charge in [-0.3, -0.25) is 10.3 Å². The van der Waals surface area contributed by atoms with Crippen molar-refractivity contribution in [3.63, 3.8) is 0 Å². The van der Waals surface area contributed by atoms with Crippen molar-refractivity contribution in [2.75, 3.05) is 12.0 Å². The van der Waals surface area contributed by atoms with Crippen molar-refractivity contribution in [3.8, 4) is 5.88 Å². The fourth-order valence-corrected chi connectivity index (χ4v) is 4.20. The van der Waals surface area contributed by atoms with Crippen LogP contribution in [0.2, 0.25) is 0 Å². The summed E-state index contributed by atoms with van der Waals surface area (Å²) in [5.74, 6) is 2.70. The van der Waals surface area contributed by atoms with E-state index in [4.69, 9.17) is 9.57 Å². The van der Waals surface area contributed by atoms with Gasteiger partial charge in [0, 0.05) is 12.6 Å². The van der Waals surface area contributed by atoms with Gasteiger partial charge in [-0.2, -0.15) is 0 Å². The van der Waals surface area contributed by atoms with E-state index in [2.05, 4.69) is 20.8 Å². The largest absolute Gasteiger partial charge is 0.475 e. The van der Waals surface area contributed by atoms with E-state index in [1.165, 1.54) is 32.0 Å². The molecule has 126 valence electrons. The van der Waals surface area contributed by atoms with Crippen LogP contribution >= 0.6 is 0 Å². The van der Waals surface area contributed by atoms with E-state index in [1.807, 2.05) is 13.8 Å².